The minimum Gasteiger partial charge on any atom is -0.508 e. The molecular weight excluding hydrogens is 660 g/mol. The summed E-state index contributed by atoms with van der Waals surface area (Å²) >= 11 is 3.10. The zero-order valence-electron chi connectivity index (χ0n) is 22.5. The van der Waals surface area contributed by atoms with Crippen molar-refractivity contribution in [3.8, 4) is 5.75 Å². The number of rotatable bonds is 2. The molecule has 0 saturated carbocycles. The third-order valence-electron chi connectivity index (χ3n) is 8.72. The number of ketones is 2. The Morgan fingerprint density at radius 2 is 1.52 bits per heavy atom. The minimum atomic E-state index is -5.19. The standard InChI is InChI=1S/C31H20BrF6NO5/c1-12-6-13(2-5-22(12)40)24-17-3-4-18-25(19(17)10-20-26(24)23(41)11-21(32)27(20)42)29(44)39(28(18)43)16-8-14(30(33,34)35)7-15(9-16)31(36,37)38/h2-3,5-9,11,18-19,24-25,40H,4,10H2,1H3/t18-,19+,24-,25-/m0/s1. The van der Waals surface area contributed by atoms with E-state index in [0.717, 1.165) is 6.08 Å². The SMILES string of the molecule is Cc1cc([C@H]2C3=CC[C@@H]4C(=O)N(c5cc(C(F)(F)F)cc(C(F)(F)F)c5)C(=O)[C@@H]4[C@@H]3CC3=C2C(=O)C=C(Br)C3=O)ccc1O. The van der Waals surface area contributed by atoms with Gasteiger partial charge in [0.2, 0.25) is 11.8 Å². The first-order valence-electron chi connectivity index (χ1n) is 13.3. The summed E-state index contributed by atoms with van der Waals surface area (Å²) in [7, 11) is 0. The van der Waals surface area contributed by atoms with E-state index in [0.29, 0.717) is 33.7 Å². The predicted octanol–water partition coefficient (Wildman–Crippen LogP) is 6.70. The maximum absolute atomic E-state index is 13.9. The van der Waals surface area contributed by atoms with Crippen molar-refractivity contribution >= 4 is 45.0 Å². The number of fused-ring (bicyclic) bond motifs is 3. The summed E-state index contributed by atoms with van der Waals surface area (Å²) in [5, 5.41) is 10.1. The lowest BCUT2D eigenvalue weighted by atomic mass is 9.59. The van der Waals surface area contributed by atoms with Gasteiger partial charge in [-0.15, -0.1) is 0 Å². The highest BCUT2D eigenvalue weighted by atomic mass is 79.9. The number of Topliss-reactive ketones (excluding diaryl/α,β-unsaturated/α-hetero) is 1. The average molecular weight is 680 g/mol. The lowest BCUT2D eigenvalue weighted by molar-refractivity contribution is -0.143. The molecule has 6 nitrogen and oxygen atoms in total. The van der Waals surface area contributed by atoms with Gasteiger partial charge >= 0.3 is 12.4 Å². The molecular formula is C31H20BrF6NO5. The van der Waals surface area contributed by atoms with Gasteiger partial charge in [-0.2, -0.15) is 26.3 Å². The molecule has 0 radical (unpaired) electrons. The third-order valence-corrected chi connectivity index (χ3v) is 9.31. The van der Waals surface area contributed by atoms with Gasteiger partial charge in [0.25, 0.3) is 0 Å². The van der Waals surface area contributed by atoms with Crippen molar-refractivity contribution in [2.45, 2.75) is 38.0 Å². The van der Waals surface area contributed by atoms with Crippen LogP contribution in [0.2, 0.25) is 0 Å². The fourth-order valence-electron chi connectivity index (χ4n) is 6.77. The van der Waals surface area contributed by atoms with Gasteiger partial charge in [0.1, 0.15) is 5.75 Å². The van der Waals surface area contributed by atoms with E-state index in [1.165, 1.54) is 6.07 Å². The van der Waals surface area contributed by atoms with Crippen molar-refractivity contribution < 1.29 is 50.6 Å². The number of anilines is 1. The second kappa shape index (κ2) is 10.0. The zero-order valence-corrected chi connectivity index (χ0v) is 24.1. The Hall–Kier alpha value is -4.00. The van der Waals surface area contributed by atoms with Crippen molar-refractivity contribution in [2.75, 3.05) is 4.90 Å². The Labute approximate surface area is 253 Å². The molecule has 0 bridgehead atoms. The highest BCUT2D eigenvalue weighted by Gasteiger charge is 2.57. The van der Waals surface area contributed by atoms with Crippen LogP contribution < -0.4 is 4.90 Å². The normalized spacial score (nSPS) is 25.5. The van der Waals surface area contributed by atoms with Crippen LogP contribution in [0.3, 0.4) is 0 Å². The van der Waals surface area contributed by atoms with E-state index in [1.807, 2.05) is 0 Å². The quantitative estimate of drug-likeness (QED) is 0.165. The largest absolute Gasteiger partial charge is 0.508 e. The molecule has 4 aliphatic rings. The summed E-state index contributed by atoms with van der Waals surface area (Å²) in [4.78, 5) is 54.5. The molecule has 2 amide bonds. The zero-order chi connectivity index (χ0) is 32.0. The number of imide groups is 1. The fraction of sp³-hybridized carbons (Fsp3) is 0.290. The molecule has 0 unspecified atom stereocenters. The molecule has 0 spiro atoms. The van der Waals surface area contributed by atoms with E-state index >= 15 is 0 Å². The second-order valence-corrected chi connectivity index (χ2v) is 12.1. The van der Waals surface area contributed by atoms with Crippen LogP contribution in [0, 0.1) is 24.7 Å². The number of nitrogens with zero attached hydrogens (tertiary/aromatic N) is 1. The van der Waals surface area contributed by atoms with Gasteiger partial charge in [-0.05, 0) is 77.0 Å². The van der Waals surface area contributed by atoms with Crippen molar-refractivity contribution in [2.24, 2.45) is 17.8 Å². The number of amides is 2. The number of alkyl halides is 6. The Bertz CT molecular complexity index is 1750. The molecule has 1 heterocycles. The Morgan fingerprint density at radius 3 is 2.11 bits per heavy atom. The third kappa shape index (κ3) is 4.63. The maximum atomic E-state index is 13.9. The van der Waals surface area contributed by atoms with E-state index < -0.39 is 76.2 Å². The van der Waals surface area contributed by atoms with Gasteiger partial charge in [0, 0.05) is 23.1 Å². The molecule has 1 N–H and O–H groups in total. The van der Waals surface area contributed by atoms with Crippen LogP contribution in [0.15, 0.2) is 69.8 Å². The molecule has 2 aromatic carbocycles. The summed E-state index contributed by atoms with van der Waals surface area (Å²) < 4.78 is 81.6. The van der Waals surface area contributed by atoms with Crippen molar-refractivity contribution in [3.05, 3.63) is 92.0 Å². The molecule has 1 saturated heterocycles. The molecule has 228 valence electrons. The van der Waals surface area contributed by atoms with Gasteiger partial charge in [0.15, 0.2) is 11.6 Å². The molecule has 44 heavy (non-hydrogen) atoms. The van der Waals surface area contributed by atoms with Crippen LogP contribution in [0.4, 0.5) is 32.0 Å². The monoisotopic (exact) mass is 679 g/mol. The molecule has 1 fully saturated rings. The number of aromatic hydroxyl groups is 1. The van der Waals surface area contributed by atoms with E-state index in [2.05, 4.69) is 15.9 Å². The first-order valence-corrected chi connectivity index (χ1v) is 14.1. The Kier molecular flexibility index (Phi) is 6.84. The highest BCUT2D eigenvalue weighted by molar-refractivity contribution is 9.12. The number of halogens is 7. The van der Waals surface area contributed by atoms with Crippen molar-refractivity contribution in [1.82, 2.24) is 0 Å². The summed E-state index contributed by atoms with van der Waals surface area (Å²) in [6.45, 7) is 1.63. The van der Waals surface area contributed by atoms with Gasteiger partial charge in [0.05, 0.1) is 33.1 Å². The van der Waals surface area contributed by atoms with E-state index in [1.54, 1.807) is 25.1 Å². The van der Waals surface area contributed by atoms with Crippen LogP contribution in [0.5, 0.6) is 5.75 Å². The van der Waals surface area contributed by atoms with Crippen LogP contribution in [0.1, 0.15) is 41.0 Å². The first kappa shape index (κ1) is 30.0. The van der Waals surface area contributed by atoms with Crippen LogP contribution >= 0.6 is 15.9 Å². The van der Waals surface area contributed by atoms with Gasteiger partial charge in [-0.25, -0.2) is 4.90 Å². The van der Waals surface area contributed by atoms with Crippen molar-refractivity contribution in [3.63, 3.8) is 0 Å². The smallest absolute Gasteiger partial charge is 0.416 e. The average Bonchev–Trinajstić information content (AvgIpc) is 3.20. The number of hydrogen-bond acceptors (Lipinski definition) is 5. The molecule has 6 rings (SSSR count). The Morgan fingerprint density at radius 1 is 0.886 bits per heavy atom. The van der Waals surface area contributed by atoms with Gasteiger partial charge < -0.3 is 5.11 Å². The fourth-order valence-corrected chi connectivity index (χ4v) is 7.21. The molecule has 4 atom stereocenters. The summed E-state index contributed by atoms with van der Waals surface area (Å²) in [6, 6.07) is 5.20. The molecule has 0 aromatic heterocycles. The highest BCUT2D eigenvalue weighted by Crippen LogP contribution is 2.56. The summed E-state index contributed by atoms with van der Waals surface area (Å²) in [5.41, 5.74) is -2.40. The van der Waals surface area contributed by atoms with E-state index in [-0.39, 0.29) is 40.3 Å². The minimum absolute atomic E-state index is 0.0132. The van der Waals surface area contributed by atoms with Gasteiger partial charge in [-0.1, -0.05) is 23.8 Å². The Balaban J connectivity index is 1.48. The molecule has 13 heteroatoms. The van der Waals surface area contributed by atoms with Gasteiger partial charge in [-0.3, -0.25) is 19.2 Å². The van der Waals surface area contributed by atoms with E-state index in [9.17, 15) is 50.6 Å². The number of allylic oxidation sites excluding steroid dienone is 6. The predicted molar refractivity (Wildman–Crippen MR) is 146 cm³/mol. The lowest BCUT2D eigenvalue weighted by Crippen LogP contribution is -2.39. The lowest BCUT2D eigenvalue weighted by Gasteiger charge is -2.42. The summed E-state index contributed by atoms with van der Waals surface area (Å²) in [6.07, 6.45) is -7.80. The maximum Gasteiger partial charge on any atom is 0.416 e. The number of hydrogen-bond donors (Lipinski definition) is 1. The van der Waals surface area contributed by atoms with Crippen LogP contribution in [0.25, 0.3) is 0 Å². The van der Waals surface area contributed by atoms with E-state index in [4.69, 9.17) is 0 Å². The molecule has 2 aromatic rings. The first-order chi connectivity index (χ1) is 20.5. The number of carbonyl (C=O) groups is 4. The number of aryl methyl sites for hydroxylation is 1. The number of phenols is 1. The van der Waals surface area contributed by atoms with Crippen molar-refractivity contribution in [1.29, 1.82) is 0 Å². The molecule has 3 aliphatic carbocycles. The number of benzene rings is 2. The number of phenolic OH excluding ortho intramolecular Hbond substituents is 1. The molecule has 1 aliphatic heterocycles. The summed E-state index contributed by atoms with van der Waals surface area (Å²) in [5.74, 6) is -6.97. The topological polar surface area (TPSA) is 91.8 Å². The van der Waals surface area contributed by atoms with Crippen LogP contribution in [-0.2, 0) is 31.5 Å². The second-order valence-electron chi connectivity index (χ2n) is 11.2. The van der Waals surface area contributed by atoms with Crippen LogP contribution in [-0.4, -0.2) is 28.5 Å². The number of carbonyl (C=O) groups excluding carboxylic acids is 4.